The van der Waals surface area contributed by atoms with Gasteiger partial charge in [-0.25, -0.2) is 0 Å². The van der Waals surface area contributed by atoms with Crippen molar-refractivity contribution in [2.45, 2.75) is 31.6 Å². The fraction of sp³-hybridized carbons (Fsp3) is 0.312. The van der Waals surface area contributed by atoms with Gasteiger partial charge in [0.25, 0.3) is 10.9 Å². The monoisotopic (exact) mass is 313 g/mol. The number of nitriles is 1. The lowest BCUT2D eigenvalue weighted by atomic mass is 9.85. The molecule has 1 aliphatic heterocycles. The number of benzene rings is 1. The van der Waals surface area contributed by atoms with Crippen molar-refractivity contribution >= 4 is 11.4 Å². The largest absolute Gasteiger partial charge is 0.485 e. The van der Waals surface area contributed by atoms with Gasteiger partial charge in [-0.05, 0) is 32.0 Å². The Morgan fingerprint density at radius 2 is 2.04 bits per heavy atom. The molecule has 2 aromatic carbocycles. The molecular weight excluding hydrogens is 298 g/mol. The molecule has 2 aromatic rings. The minimum absolute atomic E-state index is 0.00920. The van der Waals surface area contributed by atoms with Crippen molar-refractivity contribution in [2.24, 2.45) is 0 Å². The van der Waals surface area contributed by atoms with Gasteiger partial charge in [-0.15, -0.1) is 0 Å². The SMILES string of the molecule is CC1(C)Oc2ccc(C#N)cc2C(Nc2c(N)c(=O)c2=O)C1O. The van der Waals surface area contributed by atoms with Crippen molar-refractivity contribution in [1.29, 1.82) is 5.26 Å². The smallest absolute Gasteiger partial charge is 0.253 e. The maximum absolute atomic E-state index is 11.6. The third-order valence-corrected chi connectivity index (χ3v) is 4.12. The van der Waals surface area contributed by atoms with Crippen LogP contribution in [0.1, 0.15) is 31.0 Å². The van der Waals surface area contributed by atoms with Crippen LogP contribution in [0.25, 0.3) is 0 Å². The van der Waals surface area contributed by atoms with Gasteiger partial charge in [0.2, 0.25) is 0 Å². The molecule has 0 spiro atoms. The highest BCUT2D eigenvalue weighted by atomic mass is 16.5. The van der Waals surface area contributed by atoms with E-state index >= 15 is 0 Å². The van der Waals surface area contributed by atoms with Crippen LogP contribution < -0.4 is 26.6 Å². The minimum atomic E-state index is -1.02. The topological polar surface area (TPSA) is 125 Å². The second-order valence-electron chi connectivity index (χ2n) is 6.08. The van der Waals surface area contributed by atoms with Gasteiger partial charge >= 0.3 is 0 Å². The summed E-state index contributed by atoms with van der Waals surface area (Å²) in [4.78, 5) is 22.9. The summed E-state index contributed by atoms with van der Waals surface area (Å²) in [5.74, 6) is 0.495. The summed E-state index contributed by atoms with van der Waals surface area (Å²) >= 11 is 0. The number of nitrogens with two attached hydrogens (primary N) is 1. The van der Waals surface area contributed by atoms with E-state index < -0.39 is 28.6 Å². The summed E-state index contributed by atoms with van der Waals surface area (Å²) in [6.07, 6.45) is -1.02. The Morgan fingerprint density at radius 1 is 1.35 bits per heavy atom. The first-order valence-electron chi connectivity index (χ1n) is 7.02. The number of nitrogens with zero attached hydrogens (tertiary/aromatic N) is 1. The molecule has 2 unspecified atom stereocenters. The predicted octanol–water partition coefficient (Wildman–Crippen LogP) is 0.422. The predicted molar refractivity (Wildman–Crippen MR) is 84.0 cm³/mol. The van der Waals surface area contributed by atoms with Crippen LogP contribution >= 0.6 is 0 Å². The lowest BCUT2D eigenvalue weighted by Crippen LogP contribution is -2.52. The van der Waals surface area contributed by atoms with Crippen LogP contribution in [0.15, 0.2) is 27.8 Å². The molecular formula is C16H15N3O4. The molecule has 0 aromatic heterocycles. The molecule has 2 atom stereocenters. The summed E-state index contributed by atoms with van der Waals surface area (Å²) in [6, 6.07) is 6.11. The Bertz CT molecular complexity index is 903. The first-order chi connectivity index (χ1) is 10.8. The number of hydrogen-bond acceptors (Lipinski definition) is 7. The van der Waals surface area contributed by atoms with Gasteiger partial charge in [-0.2, -0.15) is 5.26 Å². The quantitative estimate of drug-likeness (QED) is 0.686. The molecule has 7 nitrogen and oxygen atoms in total. The third kappa shape index (κ3) is 2.15. The number of nitrogen functional groups attached to an aromatic ring is 1. The van der Waals surface area contributed by atoms with Gasteiger partial charge in [0.1, 0.15) is 28.8 Å². The molecule has 23 heavy (non-hydrogen) atoms. The van der Waals surface area contributed by atoms with E-state index in [0.29, 0.717) is 16.9 Å². The Balaban J connectivity index is 2.09. The maximum Gasteiger partial charge on any atom is 0.253 e. The van der Waals surface area contributed by atoms with Crippen molar-refractivity contribution in [3.05, 3.63) is 49.8 Å². The van der Waals surface area contributed by atoms with Crippen LogP contribution in [-0.2, 0) is 0 Å². The van der Waals surface area contributed by atoms with E-state index in [1.165, 1.54) is 0 Å². The Kier molecular flexibility index (Phi) is 3.16. The Hall–Kier alpha value is -2.85. The van der Waals surface area contributed by atoms with Crippen molar-refractivity contribution < 1.29 is 9.84 Å². The standard InChI is InChI=1S/C16H15N3O4/c1-16(2)15(22)11(19-12-10(18)13(20)14(12)21)8-5-7(6-17)3-4-9(8)23-16/h3-5,11,15,19,22H,18H2,1-2H3. The number of ether oxygens (including phenoxy) is 1. The summed E-state index contributed by atoms with van der Waals surface area (Å²) < 4.78 is 5.77. The van der Waals surface area contributed by atoms with E-state index in [4.69, 9.17) is 15.7 Å². The molecule has 0 amide bonds. The molecule has 0 bridgehead atoms. The molecule has 3 rings (SSSR count). The molecule has 0 saturated carbocycles. The Morgan fingerprint density at radius 3 is 2.65 bits per heavy atom. The fourth-order valence-corrected chi connectivity index (χ4v) is 2.73. The summed E-state index contributed by atoms with van der Waals surface area (Å²) in [6.45, 7) is 3.41. The van der Waals surface area contributed by atoms with Gasteiger partial charge in [0, 0.05) is 5.56 Å². The molecule has 0 aliphatic carbocycles. The number of fused-ring (bicyclic) bond motifs is 1. The lowest BCUT2D eigenvalue weighted by Gasteiger charge is -2.42. The molecule has 7 heteroatoms. The summed E-state index contributed by atoms with van der Waals surface area (Å²) in [5, 5.41) is 22.5. The van der Waals surface area contributed by atoms with Crippen LogP contribution in [0.5, 0.6) is 5.75 Å². The van der Waals surface area contributed by atoms with Crippen molar-refractivity contribution in [3.63, 3.8) is 0 Å². The van der Waals surface area contributed by atoms with E-state index in [-0.39, 0.29) is 11.4 Å². The normalized spacial score (nSPS) is 22.0. The van der Waals surface area contributed by atoms with Gasteiger partial charge in [-0.3, -0.25) is 9.59 Å². The van der Waals surface area contributed by atoms with E-state index in [9.17, 15) is 14.7 Å². The van der Waals surface area contributed by atoms with Crippen molar-refractivity contribution in [3.8, 4) is 11.8 Å². The first-order valence-corrected chi connectivity index (χ1v) is 7.02. The van der Waals surface area contributed by atoms with E-state index in [2.05, 4.69) is 5.32 Å². The average Bonchev–Trinajstić information content (AvgIpc) is 2.53. The average molecular weight is 313 g/mol. The zero-order chi connectivity index (χ0) is 16.9. The van der Waals surface area contributed by atoms with Crippen LogP contribution in [0.3, 0.4) is 0 Å². The molecule has 1 aliphatic rings. The van der Waals surface area contributed by atoms with E-state index in [0.717, 1.165) is 0 Å². The fourth-order valence-electron chi connectivity index (χ4n) is 2.73. The summed E-state index contributed by atoms with van der Waals surface area (Å²) in [7, 11) is 0. The zero-order valence-corrected chi connectivity index (χ0v) is 12.6. The van der Waals surface area contributed by atoms with E-state index in [1.807, 2.05) is 6.07 Å². The third-order valence-electron chi connectivity index (χ3n) is 4.12. The van der Waals surface area contributed by atoms with Crippen LogP contribution in [-0.4, -0.2) is 16.8 Å². The molecule has 0 radical (unpaired) electrons. The first kappa shape index (κ1) is 15.1. The second-order valence-corrected chi connectivity index (χ2v) is 6.08. The van der Waals surface area contributed by atoms with Crippen molar-refractivity contribution in [2.75, 3.05) is 11.1 Å². The second kappa shape index (κ2) is 4.83. The number of nitrogens with one attached hydrogen (secondary N) is 1. The molecule has 1 heterocycles. The molecule has 0 saturated heterocycles. The lowest BCUT2D eigenvalue weighted by molar-refractivity contribution is -0.0532. The highest BCUT2D eigenvalue weighted by Crippen LogP contribution is 2.41. The molecule has 0 fully saturated rings. The van der Waals surface area contributed by atoms with Crippen LogP contribution in [0.2, 0.25) is 0 Å². The van der Waals surface area contributed by atoms with Gasteiger partial charge in [0.15, 0.2) is 0 Å². The number of aliphatic hydroxyl groups is 1. The van der Waals surface area contributed by atoms with E-state index in [1.54, 1.807) is 32.0 Å². The number of anilines is 2. The Labute approximate surface area is 131 Å². The van der Waals surface area contributed by atoms with Crippen molar-refractivity contribution in [1.82, 2.24) is 0 Å². The van der Waals surface area contributed by atoms with Crippen LogP contribution in [0.4, 0.5) is 11.4 Å². The molecule has 118 valence electrons. The van der Waals surface area contributed by atoms with Crippen LogP contribution in [0, 0.1) is 11.3 Å². The highest BCUT2D eigenvalue weighted by molar-refractivity contribution is 5.72. The van der Waals surface area contributed by atoms with Gasteiger partial charge in [-0.1, -0.05) is 0 Å². The summed E-state index contributed by atoms with van der Waals surface area (Å²) in [5.41, 5.74) is 3.94. The van der Waals surface area contributed by atoms with Gasteiger partial charge in [0.05, 0.1) is 17.7 Å². The number of aliphatic hydroxyl groups excluding tert-OH is 1. The molecule has 4 N–H and O–H groups in total. The minimum Gasteiger partial charge on any atom is -0.485 e. The maximum atomic E-state index is 11.6. The number of rotatable bonds is 2. The number of hydrogen-bond donors (Lipinski definition) is 3. The zero-order valence-electron chi connectivity index (χ0n) is 12.6. The van der Waals surface area contributed by atoms with Gasteiger partial charge < -0.3 is 20.9 Å². The highest BCUT2D eigenvalue weighted by Gasteiger charge is 2.43.